The molecule has 1 fully saturated rings. The summed E-state index contributed by atoms with van der Waals surface area (Å²) in [5.41, 5.74) is 0.820. The fourth-order valence-electron chi connectivity index (χ4n) is 2.54. The van der Waals surface area contributed by atoms with Crippen LogP contribution in [0.2, 0.25) is 0 Å². The van der Waals surface area contributed by atoms with Crippen molar-refractivity contribution in [2.45, 2.75) is 26.2 Å². The molecule has 8 heteroatoms. The highest BCUT2D eigenvalue weighted by atomic mass is 32.2. The van der Waals surface area contributed by atoms with Crippen LogP contribution in [0, 0.1) is 5.41 Å². The van der Waals surface area contributed by atoms with E-state index >= 15 is 0 Å². The molecule has 2 heterocycles. The quantitative estimate of drug-likeness (QED) is 0.754. The van der Waals surface area contributed by atoms with E-state index in [0.717, 1.165) is 17.0 Å². The number of hydrogen-bond acceptors (Lipinski definition) is 8. The number of hydrogen-bond donors (Lipinski definition) is 1. The summed E-state index contributed by atoms with van der Waals surface area (Å²) in [7, 11) is 1.58. The second-order valence-corrected chi connectivity index (χ2v) is 7.68. The van der Waals surface area contributed by atoms with Gasteiger partial charge in [0.15, 0.2) is 17.3 Å². The maximum Gasteiger partial charge on any atom is 0.186 e. The number of carbonyl (C=O) groups is 1. The number of nitrogens with one attached hydrogen (secondary N) is 1. The van der Waals surface area contributed by atoms with E-state index in [0.29, 0.717) is 28.0 Å². The van der Waals surface area contributed by atoms with Crippen LogP contribution in [0.3, 0.4) is 0 Å². The van der Waals surface area contributed by atoms with Crippen LogP contribution in [-0.2, 0) is 11.2 Å². The molecule has 1 atom stereocenters. The van der Waals surface area contributed by atoms with Gasteiger partial charge in [-0.1, -0.05) is 24.8 Å². The number of aryl methyl sites for hydroxylation is 1. The summed E-state index contributed by atoms with van der Waals surface area (Å²) in [6.45, 7) is 4.45. The molecule has 1 aromatic heterocycles. The highest BCUT2D eigenvalue weighted by Gasteiger charge is 2.39. The lowest BCUT2D eigenvalue weighted by molar-refractivity contribution is -0.114. The van der Waals surface area contributed by atoms with Crippen LogP contribution in [0.1, 0.15) is 35.3 Å². The zero-order chi connectivity index (χ0) is 18.7. The molecule has 6 nitrogen and oxygen atoms in total. The SMILES string of the molecule is CCOc1ccc(C=C2SC(=N)C(c3nnc(CC)s3)C2=O)cc1OC. The van der Waals surface area contributed by atoms with E-state index in [-0.39, 0.29) is 10.8 Å². The third-order valence-electron chi connectivity index (χ3n) is 3.80. The highest BCUT2D eigenvalue weighted by Crippen LogP contribution is 2.42. The Labute approximate surface area is 160 Å². The number of thioether (sulfide) groups is 1. The van der Waals surface area contributed by atoms with Gasteiger partial charge in [-0.05, 0) is 37.1 Å². The van der Waals surface area contributed by atoms with Crippen LogP contribution in [-0.4, -0.2) is 34.7 Å². The van der Waals surface area contributed by atoms with Crippen LogP contribution in [0.15, 0.2) is 23.1 Å². The Hall–Kier alpha value is -2.19. The minimum absolute atomic E-state index is 0.105. The van der Waals surface area contributed by atoms with E-state index in [2.05, 4.69) is 10.2 Å². The minimum Gasteiger partial charge on any atom is -0.493 e. The lowest BCUT2D eigenvalue weighted by atomic mass is 10.1. The Morgan fingerprint density at radius 3 is 2.73 bits per heavy atom. The zero-order valence-electron chi connectivity index (χ0n) is 14.7. The molecule has 26 heavy (non-hydrogen) atoms. The second kappa shape index (κ2) is 8.01. The van der Waals surface area contributed by atoms with Gasteiger partial charge in [-0.25, -0.2) is 0 Å². The van der Waals surface area contributed by atoms with Gasteiger partial charge in [0, 0.05) is 0 Å². The number of aromatic nitrogens is 2. The normalized spacial score (nSPS) is 18.6. The molecule has 0 amide bonds. The maximum absolute atomic E-state index is 12.8. The highest BCUT2D eigenvalue weighted by molar-refractivity contribution is 8.19. The molecular weight excluding hydrogens is 370 g/mol. The first-order valence-corrected chi connectivity index (χ1v) is 9.86. The van der Waals surface area contributed by atoms with Crippen molar-refractivity contribution in [1.29, 1.82) is 5.41 Å². The van der Waals surface area contributed by atoms with Crippen molar-refractivity contribution in [3.05, 3.63) is 38.7 Å². The summed E-state index contributed by atoms with van der Waals surface area (Å²) in [4.78, 5) is 13.3. The first kappa shape index (κ1) is 18.6. The van der Waals surface area contributed by atoms with Gasteiger partial charge >= 0.3 is 0 Å². The molecular formula is C18H19N3O3S2. The van der Waals surface area contributed by atoms with Gasteiger partial charge in [-0.15, -0.1) is 21.5 Å². The molecule has 1 saturated heterocycles. The van der Waals surface area contributed by atoms with E-state index < -0.39 is 5.92 Å². The Balaban J connectivity index is 1.88. The average Bonchev–Trinajstić information content (AvgIpc) is 3.21. The molecule has 1 aliphatic heterocycles. The molecule has 1 aromatic carbocycles. The summed E-state index contributed by atoms with van der Waals surface area (Å²) < 4.78 is 10.9. The molecule has 0 saturated carbocycles. The summed E-state index contributed by atoms with van der Waals surface area (Å²) in [5.74, 6) is 0.536. The van der Waals surface area contributed by atoms with Crippen molar-refractivity contribution in [3.63, 3.8) is 0 Å². The number of ether oxygens (including phenoxy) is 2. The Morgan fingerprint density at radius 1 is 1.27 bits per heavy atom. The summed E-state index contributed by atoms with van der Waals surface area (Å²) in [6.07, 6.45) is 2.55. The number of methoxy groups -OCH3 is 1. The maximum atomic E-state index is 12.8. The number of nitrogens with zero attached hydrogens (tertiary/aromatic N) is 2. The fourth-order valence-corrected chi connectivity index (χ4v) is 4.49. The number of rotatable bonds is 6. The predicted octanol–water partition coefficient (Wildman–Crippen LogP) is 3.93. The van der Waals surface area contributed by atoms with Gasteiger partial charge in [0.2, 0.25) is 0 Å². The monoisotopic (exact) mass is 389 g/mol. The molecule has 0 radical (unpaired) electrons. The van der Waals surface area contributed by atoms with Gasteiger partial charge in [-0.3, -0.25) is 10.2 Å². The molecule has 2 aromatic rings. The number of carbonyl (C=O) groups excluding carboxylic acids is 1. The predicted molar refractivity (Wildman–Crippen MR) is 104 cm³/mol. The second-order valence-electron chi connectivity index (χ2n) is 5.50. The van der Waals surface area contributed by atoms with Gasteiger partial charge in [0.05, 0.1) is 23.7 Å². The van der Waals surface area contributed by atoms with Crippen LogP contribution in [0.4, 0.5) is 0 Å². The summed E-state index contributed by atoms with van der Waals surface area (Å²) in [5, 5.41) is 18.1. The Morgan fingerprint density at radius 2 is 2.08 bits per heavy atom. The largest absolute Gasteiger partial charge is 0.493 e. The number of allylic oxidation sites excluding steroid dienone is 1. The Kier molecular flexibility index (Phi) is 5.73. The molecule has 1 unspecified atom stereocenters. The molecule has 136 valence electrons. The van der Waals surface area contributed by atoms with Gasteiger partial charge in [0.25, 0.3) is 0 Å². The van der Waals surface area contributed by atoms with E-state index in [9.17, 15) is 4.79 Å². The lowest BCUT2D eigenvalue weighted by Gasteiger charge is -2.09. The number of benzene rings is 1. The fraction of sp³-hybridized carbons (Fsp3) is 0.333. The van der Waals surface area contributed by atoms with Crippen LogP contribution in [0.5, 0.6) is 11.5 Å². The van der Waals surface area contributed by atoms with Crippen LogP contribution < -0.4 is 9.47 Å². The third-order valence-corrected chi connectivity index (χ3v) is 5.93. The first-order chi connectivity index (χ1) is 12.6. The molecule has 1 aliphatic rings. The van der Waals surface area contributed by atoms with Crippen molar-refractivity contribution >= 4 is 40.0 Å². The van der Waals surface area contributed by atoms with Crippen molar-refractivity contribution in [1.82, 2.24) is 10.2 Å². The third kappa shape index (κ3) is 3.66. The number of ketones is 1. The lowest BCUT2D eigenvalue weighted by Crippen LogP contribution is -2.11. The van der Waals surface area contributed by atoms with Crippen molar-refractivity contribution < 1.29 is 14.3 Å². The van der Waals surface area contributed by atoms with E-state index in [1.54, 1.807) is 13.2 Å². The molecule has 0 bridgehead atoms. The number of Topliss-reactive ketones (excluding diaryl/α,β-unsaturated/α-hetero) is 1. The summed E-state index contributed by atoms with van der Waals surface area (Å²) >= 11 is 2.58. The van der Waals surface area contributed by atoms with Crippen molar-refractivity contribution in [2.24, 2.45) is 0 Å². The molecule has 0 spiro atoms. The molecule has 3 rings (SSSR count). The average molecular weight is 390 g/mol. The van der Waals surface area contributed by atoms with Crippen LogP contribution >= 0.6 is 23.1 Å². The molecule has 0 aliphatic carbocycles. The van der Waals surface area contributed by atoms with Gasteiger partial charge in [-0.2, -0.15) is 0 Å². The smallest absolute Gasteiger partial charge is 0.186 e. The van der Waals surface area contributed by atoms with Gasteiger partial charge < -0.3 is 9.47 Å². The van der Waals surface area contributed by atoms with Gasteiger partial charge in [0.1, 0.15) is 15.9 Å². The van der Waals surface area contributed by atoms with Crippen molar-refractivity contribution in [2.75, 3.05) is 13.7 Å². The summed E-state index contributed by atoms with van der Waals surface area (Å²) in [6, 6.07) is 5.51. The topological polar surface area (TPSA) is 85.2 Å². The zero-order valence-corrected chi connectivity index (χ0v) is 16.4. The Bertz CT molecular complexity index is 876. The van der Waals surface area contributed by atoms with Crippen molar-refractivity contribution in [3.8, 4) is 11.5 Å². The minimum atomic E-state index is -0.631. The first-order valence-electron chi connectivity index (χ1n) is 8.22. The van der Waals surface area contributed by atoms with Crippen LogP contribution in [0.25, 0.3) is 6.08 Å². The molecule has 1 N–H and O–H groups in total. The van der Waals surface area contributed by atoms with E-state index in [4.69, 9.17) is 14.9 Å². The standard InChI is InChI=1S/C18H19N3O3S2/c1-4-14-20-21-18(26-14)15-16(22)13(25-17(15)19)9-10-6-7-11(24-5-2)12(8-10)23-3/h6-9,15,19H,4-5H2,1-3H3. The van der Waals surface area contributed by atoms with E-state index in [1.807, 2.05) is 32.0 Å². The van der Waals surface area contributed by atoms with E-state index in [1.165, 1.54) is 23.1 Å².